The maximum absolute atomic E-state index is 7.83. The molecule has 0 aromatic heterocycles. The van der Waals surface area contributed by atoms with Crippen LogP contribution in [0.3, 0.4) is 0 Å². The van der Waals surface area contributed by atoms with Crippen molar-refractivity contribution >= 4 is 191 Å². The van der Waals surface area contributed by atoms with Crippen LogP contribution in [0, 0.1) is 0 Å². The van der Waals surface area contributed by atoms with E-state index in [1.807, 2.05) is 166 Å². The molecule has 33 heteroatoms. The van der Waals surface area contributed by atoms with Crippen LogP contribution < -0.4 is 0 Å². The molecule has 0 aliphatic heterocycles. The van der Waals surface area contributed by atoms with E-state index < -0.39 is 34.2 Å². The molecule has 0 rings (SSSR count). The van der Waals surface area contributed by atoms with Crippen LogP contribution in [0.4, 0.5) is 0 Å². The van der Waals surface area contributed by atoms with Gasteiger partial charge in [0.15, 0.2) is 12.5 Å². The fraction of sp³-hybridized carbons (Fsp3) is 1.00. The average molecular weight is 1420 g/mol. The van der Waals surface area contributed by atoms with Gasteiger partial charge in [-0.25, -0.2) is 0 Å². The molecule has 13 nitrogen and oxygen atoms in total. The SMILES string of the molecule is CC(C)OP(=S)([S-])OC(C)C.CC(C)OP(=S)([S-])OC(C)C.CC(C)OP(=S)([S-])OC(C)C.CC(C)OP(=S)([S-])OC(C)C.CC(C)OP(=S)([S-])OC(C)C.CC(C)OP(=S)([S-])OC(C)C.O=S.[Mo+6]. The zero-order chi connectivity index (χ0) is 56.4. The summed E-state index contributed by atoms with van der Waals surface area (Å²) in [6.45, 7) is 45.6. The van der Waals surface area contributed by atoms with Crippen LogP contribution in [-0.2, 0) is 232 Å². The third kappa shape index (κ3) is 88.3. The van der Waals surface area contributed by atoms with Gasteiger partial charge in [0.25, 0.3) is 0 Å². The fourth-order valence-electron chi connectivity index (χ4n) is 3.25. The van der Waals surface area contributed by atoms with Crippen LogP contribution in [0.1, 0.15) is 166 Å². The van der Waals surface area contributed by atoms with Crippen LogP contribution in [0.15, 0.2) is 0 Å². The maximum atomic E-state index is 7.83. The molecule has 0 N–H and O–H groups in total. The largest absolute Gasteiger partial charge is 6.00 e. The monoisotopic (exact) mass is 1420 g/mol. The molecule has 0 saturated heterocycles. The van der Waals surface area contributed by atoms with E-state index in [0.717, 1.165) is 0 Å². The molecule has 0 unspecified atom stereocenters. The first-order chi connectivity index (χ1) is 30.0. The summed E-state index contributed by atoms with van der Waals surface area (Å²) in [4.78, 5) is 0. The molecule has 0 aromatic carbocycles. The maximum Gasteiger partial charge on any atom is 6.00 e. The van der Waals surface area contributed by atoms with Crippen molar-refractivity contribution in [3.05, 3.63) is 0 Å². The molecule has 0 fully saturated rings. The fourth-order valence-corrected chi connectivity index (χ4v) is 22.1. The van der Waals surface area contributed by atoms with Gasteiger partial charge in [-0.2, -0.15) is 4.21 Å². The number of rotatable bonds is 24. The Morgan fingerprint density at radius 2 is 0.261 bits per heavy atom. The van der Waals surface area contributed by atoms with Crippen molar-refractivity contribution in [3.63, 3.8) is 0 Å². The zero-order valence-electron chi connectivity index (χ0n) is 44.6. The molecule has 0 aliphatic rings. The van der Waals surface area contributed by atoms with Gasteiger partial charge in [0.05, 0.1) is 107 Å². The molecule has 0 amide bonds. The summed E-state index contributed by atoms with van der Waals surface area (Å²) in [7, 11) is 0. The van der Waals surface area contributed by atoms with Crippen molar-refractivity contribution < 1.29 is 79.6 Å². The van der Waals surface area contributed by atoms with Crippen LogP contribution in [0.25, 0.3) is 0 Å². The summed E-state index contributed by atoms with van der Waals surface area (Å²) >= 11 is 62.6. The molecule has 69 heavy (non-hydrogen) atoms. The van der Waals surface area contributed by atoms with Gasteiger partial charge in [-0.15, -0.1) is 0 Å². The van der Waals surface area contributed by atoms with Gasteiger partial charge < -0.3 is 128 Å². The minimum Gasteiger partial charge on any atom is -0.691 e. The first-order valence-electron chi connectivity index (χ1n) is 21.2. The van der Waals surface area contributed by atoms with E-state index in [1.54, 1.807) is 0 Å². The summed E-state index contributed by atoms with van der Waals surface area (Å²) in [5, 5.41) is 0. The van der Waals surface area contributed by atoms with Crippen LogP contribution >= 0.6 is 34.2 Å². The summed E-state index contributed by atoms with van der Waals surface area (Å²) in [5.41, 5.74) is -14.3. The summed E-state index contributed by atoms with van der Waals surface area (Å²) in [6.07, 6.45) is 0.634. The van der Waals surface area contributed by atoms with Crippen molar-refractivity contribution in [1.29, 1.82) is 0 Å². The Bertz CT molecular complexity index is 1180. The van der Waals surface area contributed by atoms with E-state index >= 15 is 0 Å². The van der Waals surface area contributed by atoms with E-state index in [1.165, 1.54) is 0 Å². The van der Waals surface area contributed by atoms with E-state index in [0.29, 0.717) is 0 Å². The molecule has 0 spiro atoms. The molecule has 0 atom stereocenters. The van der Waals surface area contributed by atoms with E-state index in [-0.39, 0.29) is 94.3 Å². The second kappa shape index (κ2) is 48.9. The summed E-state index contributed by atoms with van der Waals surface area (Å²) < 4.78 is 71.0. The molecular weight excluding hydrogens is 1340 g/mol. The molecule has 0 saturated carbocycles. The minimum absolute atomic E-state index is 0. The van der Waals surface area contributed by atoms with Gasteiger partial charge in [-0.3, -0.25) is 0 Å². The minimum atomic E-state index is -2.39. The third-order valence-electron chi connectivity index (χ3n) is 4.08. The normalized spacial score (nSPS) is 12.5. The van der Waals surface area contributed by atoms with Gasteiger partial charge in [0, 0.05) is 0 Å². The third-order valence-corrected chi connectivity index (χ3v) is 18.4. The van der Waals surface area contributed by atoms with Gasteiger partial charge in [0.2, 0.25) is 0 Å². The standard InChI is InChI=1S/6C6H15O2PS2.Mo.OS/c6*1-5(2)7-9(10,11)8-6(3)4;;1-2/h6*5-6H,1-4H3,(H,10,11);;/q;;;;;;+6;/p-6. The van der Waals surface area contributed by atoms with Crippen molar-refractivity contribution in [2.24, 2.45) is 0 Å². The first kappa shape index (κ1) is 91.7. The van der Waals surface area contributed by atoms with Crippen molar-refractivity contribution in [3.8, 4) is 0 Å². The molecular formula is C36H84MoO13P6S13. The Balaban J connectivity index is -0.000000107. The van der Waals surface area contributed by atoms with Gasteiger partial charge in [0.1, 0.15) is 0 Å². The second-order valence-corrected chi connectivity index (χ2v) is 45.9. The van der Waals surface area contributed by atoms with Gasteiger partial charge in [-0.1, -0.05) is 70.8 Å². The van der Waals surface area contributed by atoms with E-state index in [2.05, 4.69) is 12.5 Å². The Morgan fingerprint density at radius 3 is 0.290 bits per heavy atom. The Hall–Kier alpha value is 6.23. The van der Waals surface area contributed by atoms with Crippen LogP contribution in [0.2, 0.25) is 0 Å². The molecule has 0 radical (unpaired) electrons. The average Bonchev–Trinajstić information content (AvgIpc) is 2.95. The molecule has 0 aliphatic carbocycles. The van der Waals surface area contributed by atoms with Crippen molar-refractivity contribution in [2.45, 2.75) is 239 Å². The predicted molar refractivity (Wildman–Crippen MR) is 333 cm³/mol. The topological polar surface area (TPSA) is 128 Å². The first-order valence-corrected chi connectivity index (χ1v) is 43.5. The van der Waals surface area contributed by atoms with Gasteiger partial charge >= 0.3 is 21.1 Å². The van der Waals surface area contributed by atoms with Crippen LogP contribution in [0.5, 0.6) is 0 Å². The van der Waals surface area contributed by atoms with Crippen molar-refractivity contribution in [2.75, 3.05) is 0 Å². The number of hydrogen-bond acceptors (Lipinski definition) is 26. The molecule has 0 heterocycles. The van der Waals surface area contributed by atoms with Crippen molar-refractivity contribution in [1.82, 2.24) is 0 Å². The Kier molecular flexibility index (Phi) is 65.0. The molecule has 0 bridgehead atoms. The molecule has 0 aromatic rings. The summed E-state index contributed by atoms with van der Waals surface area (Å²) in [6, 6.07) is 0. The Labute approximate surface area is 504 Å². The summed E-state index contributed by atoms with van der Waals surface area (Å²) in [5.74, 6) is 0. The van der Waals surface area contributed by atoms with E-state index in [9.17, 15) is 0 Å². The predicted octanol–water partition coefficient (Wildman–Crippen LogP) is 15.3. The number of hydrogen-bond donors (Lipinski definition) is 0. The second-order valence-electron chi connectivity index (χ2n) is 16.5. The van der Waals surface area contributed by atoms with Gasteiger partial charge in [-0.05, 0) is 166 Å². The smallest absolute Gasteiger partial charge is 0.691 e. The van der Waals surface area contributed by atoms with Crippen LogP contribution in [-0.4, -0.2) is 77.5 Å². The quantitative estimate of drug-likeness (QED) is 0.0516. The zero-order valence-corrected chi connectivity index (χ0v) is 62.6. The Morgan fingerprint density at radius 1 is 0.217 bits per heavy atom. The van der Waals surface area contributed by atoms with E-state index in [4.69, 9.17) is 203 Å². The molecule has 420 valence electrons.